The van der Waals surface area contributed by atoms with Crippen molar-refractivity contribution in [2.75, 3.05) is 11.5 Å². The van der Waals surface area contributed by atoms with Crippen molar-refractivity contribution in [2.45, 2.75) is 18.7 Å². The summed E-state index contributed by atoms with van der Waals surface area (Å²) in [6.07, 6.45) is 2.45. The van der Waals surface area contributed by atoms with Crippen LogP contribution in [-0.4, -0.2) is 19.4 Å². The van der Waals surface area contributed by atoms with Crippen molar-refractivity contribution in [1.82, 2.24) is 0 Å². The summed E-state index contributed by atoms with van der Waals surface area (Å²) in [5.74, 6) is 3.07. The molecule has 0 bridgehead atoms. The van der Waals surface area contributed by atoms with Gasteiger partial charge < -0.3 is 0 Å². The first kappa shape index (κ1) is 5.55. The molecule has 1 saturated heterocycles. The Morgan fingerprint density at radius 1 is 1.29 bits per heavy atom. The number of rotatable bonds is 0. The summed E-state index contributed by atoms with van der Waals surface area (Å²) in [5.41, 5.74) is 0. The maximum atomic E-state index is 5.62. The van der Waals surface area contributed by atoms with Gasteiger partial charge in [-0.15, -0.1) is 0 Å². The van der Waals surface area contributed by atoms with E-state index in [-0.39, 0.29) is 0 Å². The second kappa shape index (κ2) is 2.66. The highest BCUT2D eigenvalue weighted by Crippen LogP contribution is 2.23. The lowest BCUT2D eigenvalue weighted by atomic mass is 9.83. The van der Waals surface area contributed by atoms with Gasteiger partial charge in [0.1, 0.15) is 0 Å². The van der Waals surface area contributed by atoms with Crippen LogP contribution in [0.1, 0.15) is 12.8 Å². The van der Waals surface area contributed by atoms with Crippen molar-refractivity contribution in [3.63, 3.8) is 0 Å². The van der Waals surface area contributed by atoms with Crippen LogP contribution in [0.3, 0.4) is 0 Å². The molecule has 2 heteroatoms. The molecule has 2 radical (unpaired) electrons. The minimum absolute atomic E-state index is 0.515. The molecule has 1 aliphatic heterocycles. The lowest BCUT2D eigenvalue weighted by molar-refractivity contribution is 0.761. The van der Waals surface area contributed by atoms with Crippen LogP contribution in [0, 0.1) is 0 Å². The number of thioether (sulfide) groups is 1. The minimum atomic E-state index is 0.515. The standard InChI is InChI=1S/C5H9BS/c6-5-1-3-7-4-2-5/h5H,1-4H2. The molecule has 38 valence electrons. The highest BCUT2D eigenvalue weighted by Gasteiger charge is 2.05. The Kier molecular flexibility index (Phi) is 2.11. The maximum absolute atomic E-state index is 5.62. The minimum Gasteiger partial charge on any atom is -0.162 e. The van der Waals surface area contributed by atoms with E-state index >= 15 is 0 Å². The van der Waals surface area contributed by atoms with Gasteiger partial charge in [-0.1, -0.05) is 5.82 Å². The van der Waals surface area contributed by atoms with Gasteiger partial charge in [0.25, 0.3) is 0 Å². The van der Waals surface area contributed by atoms with Crippen LogP contribution < -0.4 is 0 Å². The van der Waals surface area contributed by atoms with E-state index in [4.69, 9.17) is 7.85 Å². The van der Waals surface area contributed by atoms with Gasteiger partial charge in [0, 0.05) is 0 Å². The highest BCUT2D eigenvalue weighted by molar-refractivity contribution is 7.99. The molecule has 1 aliphatic rings. The zero-order valence-corrected chi connectivity index (χ0v) is 5.21. The van der Waals surface area contributed by atoms with Crippen molar-refractivity contribution in [3.8, 4) is 0 Å². The van der Waals surface area contributed by atoms with E-state index in [1.807, 2.05) is 11.8 Å². The molecule has 7 heavy (non-hydrogen) atoms. The second-order valence-corrected chi connectivity index (χ2v) is 3.17. The molecule has 1 rings (SSSR count). The van der Waals surface area contributed by atoms with Gasteiger partial charge in [-0.3, -0.25) is 0 Å². The molecule has 0 unspecified atom stereocenters. The largest absolute Gasteiger partial charge is 0.162 e. The molecule has 0 amide bonds. The Balaban J connectivity index is 2.12. The molecule has 1 fully saturated rings. The molecule has 0 atom stereocenters. The van der Waals surface area contributed by atoms with Crippen molar-refractivity contribution in [2.24, 2.45) is 0 Å². The van der Waals surface area contributed by atoms with Crippen LogP contribution in [0.2, 0.25) is 5.82 Å². The van der Waals surface area contributed by atoms with Crippen molar-refractivity contribution in [1.29, 1.82) is 0 Å². The molecule has 0 aromatic carbocycles. The summed E-state index contributed by atoms with van der Waals surface area (Å²) >= 11 is 2.02. The third-order valence-electron chi connectivity index (χ3n) is 1.27. The average Bonchev–Trinajstić information content (AvgIpc) is 1.69. The van der Waals surface area contributed by atoms with Gasteiger partial charge in [0.15, 0.2) is 0 Å². The Morgan fingerprint density at radius 3 is 2.14 bits per heavy atom. The summed E-state index contributed by atoms with van der Waals surface area (Å²) in [6.45, 7) is 0. The summed E-state index contributed by atoms with van der Waals surface area (Å²) in [5, 5.41) is 0. The van der Waals surface area contributed by atoms with E-state index in [0.29, 0.717) is 5.82 Å². The van der Waals surface area contributed by atoms with Gasteiger partial charge >= 0.3 is 0 Å². The average molecular weight is 112 g/mol. The fourth-order valence-corrected chi connectivity index (χ4v) is 1.86. The topological polar surface area (TPSA) is 0 Å². The third-order valence-corrected chi connectivity index (χ3v) is 2.31. The summed E-state index contributed by atoms with van der Waals surface area (Å²) in [4.78, 5) is 0. The first-order chi connectivity index (χ1) is 3.39. The normalized spacial score (nSPS) is 25.1. The fourth-order valence-electron chi connectivity index (χ4n) is 0.716. The van der Waals surface area contributed by atoms with Crippen LogP contribution in [0.4, 0.5) is 0 Å². The molecular weight excluding hydrogens is 103 g/mol. The SMILES string of the molecule is [B]C1CCSCC1. The molecular formula is C5H9BS. The van der Waals surface area contributed by atoms with Gasteiger partial charge in [-0.2, -0.15) is 11.8 Å². The van der Waals surface area contributed by atoms with Gasteiger partial charge in [-0.25, -0.2) is 0 Å². The van der Waals surface area contributed by atoms with Crippen molar-refractivity contribution in [3.05, 3.63) is 0 Å². The molecule has 0 saturated carbocycles. The van der Waals surface area contributed by atoms with E-state index in [0.717, 1.165) is 0 Å². The van der Waals surface area contributed by atoms with Crippen LogP contribution in [0.15, 0.2) is 0 Å². The lowest BCUT2D eigenvalue weighted by Gasteiger charge is -2.15. The Labute approximate surface area is 50.5 Å². The Hall–Kier alpha value is 0.415. The zero-order chi connectivity index (χ0) is 5.11. The van der Waals surface area contributed by atoms with Gasteiger partial charge in [0.05, 0.1) is 7.85 Å². The van der Waals surface area contributed by atoms with E-state index < -0.39 is 0 Å². The lowest BCUT2D eigenvalue weighted by Crippen LogP contribution is -2.02. The second-order valence-electron chi connectivity index (χ2n) is 1.95. The quantitative estimate of drug-likeness (QED) is 0.427. The van der Waals surface area contributed by atoms with Crippen molar-refractivity contribution >= 4 is 19.6 Å². The van der Waals surface area contributed by atoms with Crippen molar-refractivity contribution < 1.29 is 0 Å². The van der Waals surface area contributed by atoms with Crippen LogP contribution in [0.25, 0.3) is 0 Å². The van der Waals surface area contributed by atoms with Gasteiger partial charge in [-0.05, 0) is 24.3 Å². The molecule has 0 spiro atoms. The predicted molar refractivity (Wildman–Crippen MR) is 36.1 cm³/mol. The highest BCUT2D eigenvalue weighted by atomic mass is 32.2. The number of hydrogen-bond acceptors (Lipinski definition) is 1. The van der Waals surface area contributed by atoms with E-state index in [1.165, 1.54) is 24.3 Å². The summed E-state index contributed by atoms with van der Waals surface area (Å²) in [6, 6.07) is 0. The van der Waals surface area contributed by atoms with Gasteiger partial charge in [0.2, 0.25) is 0 Å². The molecule has 0 aromatic heterocycles. The maximum Gasteiger partial charge on any atom is 0.0700 e. The van der Waals surface area contributed by atoms with Crippen LogP contribution in [0.5, 0.6) is 0 Å². The first-order valence-corrected chi connectivity index (χ1v) is 3.88. The third kappa shape index (κ3) is 1.77. The predicted octanol–water partition coefficient (Wildman–Crippen LogP) is 1.47. The summed E-state index contributed by atoms with van der Waals surface area (Å²) < 4.78 is 0. The van der Waals surface area contributed by atoms with Crippen LogP contribution >= 0.6 is 11.8 Å². The monoisotopic (exact) mass is 112 g/mol. The summed E-state index contributed by atoms with van der Waals surface area (Å²) in [7, 11) is 5.62. The molecule has 0 aliphatic carbocycles. The van der Waals surface area contributed by atoms with E-state index in [1.54, 1.807) is 0 Å². The molecule has 0 aromatic rings. The fraction of sp³-hybridized carbons (Fsp3) is 1.00. The molecule has 1 heterocycles. The van der Waals surface area contributed by atoms with E-state index in [2.05, 4.69) is 0 Å². The smallest absolute Gasteiger partial charge is 0.0700 e. The van der Waals surface area contributed by atoms with Crippen LogP contribution in [-0.2, 0) is 0 Å². The first-order valence-electron chi connectivity index (χ1n) is 2.73. The molecule has 0 N–H and O–H groups in total. The van der Waals surface area contributed by atoms with E-state index in [9.17, 15) is 0 Å². The Bertz CT molecular complexity index is 50.0. The Morgan fingerprint density at radius 2 is 1.86 bits per heavy atom. The molecule has 0 nitrogen and oxygen atoms in total. The zero-order valence-electron chi connectivity index (χ0n) is 4.39. The number of hydrogen-bond donors (Lipinski definition) is 0.